The number of carbonyl (C=O) groups excluding carboxylic acids is 1. The molecule has 1 aromatic carbocycles. The summed E-state index contributed by atoms with van der Waals surface area (Å²) in [5.74, 6) is 0. The van der Waals surface area contributed by atoms with Gasteiger partial charge >= 0.3 is 6.09 Å². The van der Waals surface area contributed by atoms with Crippen LogP contribution in [0.2, 0.25) is 0 Å². The van der Waals surface area contributed by atoms with Gasteiger partial charge in [0.2, 0.25) is 10.0 Å². The second-order valence-corrected chi connectivity index (χ2v) is 10.4. The summed E-state index contributed by atoms with van der Waals surface area (Å²) in [7, 11) is -3.73. The van der Waals surface area contributed by atoms with Crippen LogP contribution in [0.3, 0.4) is 0 Å². The molecule has 0 spiro atoms. The molecular weight excluding hydrogens is 428 g/mol. The van der Waals surface area contributed by atoms with E-state index in [1.807, 2.05) is 39.1 Å². The first-order valence-electron chi connectivity index (χ1n) is 10.3. The lowest BCUT2D eigenvalue weighted by Crippen LogP contribution is -2.39. The number of sulfonamides is 1. The molecule has 32 heavy (non-hydrogen) atoms. The van der Waals surface area contributed by atoms with Gasteiger partial charge in [0.25, 0.3) is 0 Å². The number of rotatable bonds is 3. The zero-order valence-corrected chi connectivity index (χ0v) is 19.1. The maximum atomic E-state index is 12.3. The Morgan fingerprint density at radius 3 is 2.50 bits per heavy atom. The summed E-state index contributed by atoms with van der Waals surface area (Å²) >= 11 is 0. The monoisotopic (exact) mass is 454 g/mol. The van der Waals surface area contributed by atoms with Crippen LogP contribution in [-0.4, -0.2) is 48.1 Å². The van der Waals surface area contributed by atoms with Gasteiger partial charge in [-0.3, -0.25) is 0 Å². The number of fused-ring (bicyclic) bond motifs is 1. The number of carbonyl (C=O) groups is 1. The minimum absolute atomic E-state index is 0.0690. The molecule has 1 amide bonds. The van der Waals surface area contributed by atoms with Crippen LogP contribution >= 0.6 is 0 Å². The van der Waals surface area contributed by atoms with Crippen LogP contribution < -0.4 is 5.14 Å². The predicted molar refractivity (Wildman–Crippen MR) is 123 cm³/mol. The highest BCUT2D eigenvalue weighted by atomic mass is 32.2. The normalized spacial score (nSPS) is 15.0. The lowest BCUT2D eigenvalue weighted by molar-refractivity contribution is 0.0270. The standard InChI is InChI=1S/C23H26N4O4S/c1-23(2,3)31-22(28)27-10-8-16(9-11-27)20-14-26-21-19(20)12-17(13-25-21)15-4-6-18(7-5-15)32(24,29)30/h4-8,12-14H,9-11H2,1-3H3,(H,25,26)(H2,24,29,30). The average molecular weight is 455 g/mol. The number of primary sulfonamides is 1. The fourth-order valence-electron chi connectivity index (χ4n) is 3.67. The van der Waals surface area contributed by atoms with Crippen molar-refractivity contribution in [3.63, 3.8) is 0 Å². The lowest BCUT2D eigenvalue weighted by atomic mass is 9.98. The van der Waals surface area contributed by atoms with Gasteiger partial charge < -0.3 is 14.6 Å². The Labute approximate surface area is 187 Å². The summed E-state index contributed by atoms with van der Waals surface area (Å²) in [5, 5.41) is 6.15. The van der Waals surface area contributed by atoms with Gasteiger partial charge in [-0.1, -0.05) is 18.2 Å². The highest BCUT2D eigenvalue weighted by Crippen LogP contribution is 2.32. The second-order valence-electron chi connectivity index (χ2n) is 8.80. The fraction of sp³-hybridized carbons (Fsp3) is 0.304. The summed E-state index contributed by atoms with van der Waals surface area (Å²) in [5.41, 5.74) is 4.13. The molecule has 168 valence electrons. The van der Waals surface area contributed by atoms with Gasteiger partial charge in [0, 0.05) is 42.0 Å². The summed E-state index contributed by atoms with van der Waals surface area (Å²) < 4.78 is 28.5. The Kier molecular flexibility index (Phi) is 5.56. The first-order valence-corrected chi connectivity index (χ1v) is 11.8. The molecule has 0 aliphatic carbocycles. The van der Waals surface area contributed by atoms with Gasteiger partial charge in [0.05, 0.1) is 4.90 Å². The van der Waals surface area contributed by atoms with Crippen LogP contribution in [0.25, 0.3) is 27.7 Å². The maximum Gasteiger partial charge on any atom is 0.410 e. The Morgan fingerprint density at radius 1 is 1.19 bits per heavy atom. The van der Waals surface area contributed by atoms with Gasteiger partial charge in [-0.2, -0.15) is 0 Å². The SMILES string of the molecule is CC(C)(C)OC(=O)N1CC=C(c2c[nH]c3ncc(-c4ccc(S(N)(=O)=O)cc4)cc23)CC1. The second kappa shape index (κ2) is 8.07. The van der Waals surface area contributed by atoms with E-state index in [1.165, 1.54) is 12.1 Å². The number of benzene rings is 1. The van der Waals surface area contributed by atoms with Crippen molar-refractivity contribution in [1.82, 2.24) is 14.9 Å². The fourth-order valence-corrected chi connectivity index (χ4v) is 4.19. The van der Waals surface area contributed by atoms with E-state index in [0.29, 0.717) is 19.5 Å². The Bertz CT molecular complexity index is 1300. The summed E-state index contributed by atoms with van der Waals surface area (Å²) in [6.45, 7) is 6.63. The summed E-state index contributed by atoms with van der Waals surface area (Å²) in [4.78, 5) is 21.8. The van der Waals surface area contributed by atoms with E-state index < -0.39 is 15.6 Å². The Morgan fingerprint density at radius 2 is 1.91 bits per heavy atom. The predicted octanol–water partition coefficient (Wildman–Crippen LogP) is 3.90. The number of nitrogens with zero attached hydrogens (tertiary/aromatic N) is 2. The molecular formula is C23H26N4O4S. The van der Waals surface area contributed by atoms with Crippen molar-refractivity contribution in [3.05, 3.63) is 54.4 Å². The van der Waals surface area contributed by atoms with Crippen molar-refractivity contribution in [2.24, 2.45) is 5.14 Å². The lowest BCUT2D eigenvalue weighted by Gasteiger charge is -2.29. The number of H-pyrrole nitrogens is 1. The van der Waals surface area contributed by atoms with E-state index >= 15 is 0 Å². The van der Waals surface area contributed by atoms with Crippen molar-refractivity contribution in [2.75, 3.05) is 13.1 Å². The number of aromatic nitrogens is 2. The van der Waals surface area contributed by atoms with Gasteiger partial charge in [-0.25, -0.2) is 23.3 Å². The molecule has 0 radical (unpaired) electrons. The first-order chi connectivity index (χ1) is 15.0. The van der Waals surface area contributed by atoms with Crippen molar-refractivity contribution < 1.29 is 17.9 Å². The Balaban J connectivity index is 1.59. The van der Waals surface area contributed by atoms with E-state index in [1.54, 1.807) is 23.2 Å². The first kappa shape index (κ1) is 22.0. The zero-order chi connectivity index (χ0) is 23.1. The van der Waals surface area contributed by atoms with Crippen molar-refractivity contribution in [1.29, 1.82) is 0 Å². The van der Waals surface area contributed by atoms with Crippen LogP contribution in [0.15, 0.2) is 53.7 Å². The van der Waals surface area contributed by atoms with E-state index in [4.69, 9.17) is 9.88 Å². The molecule has 0 atom stereocenters. The van der Waals surface area contributed by atoms with Gasteiger partial charge in [-0.05, 0) is 56.5 Å². The number of nitrogens with one attached hydrogen (secondary N) is 1. The molecule has 3 heterocycles. The van der Waals surface area contributed by atoms with E-state index in [2.05, 4.69) is 9.97 Å². The van der Waals surface area contributed by atoms with Gasteiger partial charge in [0.15, 0.2) is 0 Å². The average Bonchev–Trinajstić information content (AvgIpc) is 3.15. The molecule has 2 aromatic heterocycles. The van der Waals surface area contributed by atoms with Gasteiger partial charge in [0.1, 0.15) is 11.2 Å². The van der Waals surface area contributed by atoms with Crippen LogP contribution in [-0.2, 0) is 14.8 Å². The maximum absolute atomic E-state index is 12.3. The van der Waals surface area contributed by atoms with E-state index in [9.17, 15) is 13.2 Å². The van der Waals surface area contributed by atoms with Gasteiger partial charge in [-0.15, -0.1) is 0 Å². The van der Waals surface area contributed by atoms with Crippen LogP contribution in [0.5, 0.6) is 0 Å². The van der Waals surface area contributed by atoms with Crippen molar-refractivity contribution >= 4 is 32.7 Å². The third kappa shape index (κ3) is 4.68. The van der Waals surface area contributed by atoms with Crippen LogP contribution in [0, 0.1) is 0 Å². The van der Waals surface area contributed by atoms with Crippen LogP contribution in [0.4, 0.5) is 4.79 Å². The molecule has 4 rings (SSSR count). The molecule has 3 aromatic rings. The third-order valence-electron chi connectivity index (χ3n) is 5.25. The summed E-state index contributed by atoms with van der Waals surface area (Å²) in [6.07, 6.45) is 6.12. The topological polar surface area (TPSA) is 118 Å². The zero-order valence-electron chi connectivity index (χ0n) is 18.3. The number of pyridine rings is 1. The van der Waals surface area contributed by atoms with E-state index in [0.717, 1.165) is 33.3 Å². The minimum Gasteiger partial charge on any atom is -0.444 e. The third-order valence-corrected chi connectivity index (χ3v) is 6.18. The highest BCUT2D eigenvalue weighted by molar-refractivity contribution is 7.89. The van der Waals surface area contributed by atoms with Crippen LogP contribution in [0.1, 0.15) is 32.8 Å². The molecule has 0 saturated carbocycles. The largest absolute Gasteiger partial charge is 0.444 e. The molecule has 0 bridgehead atoms. The van der Waals surface area contributed by atoms with E-state index in [-0.39, 0.29) is 11.0 Å². The number of nitrogens with two attached hydrogens (primary N) is 1. The smallest absolute Gasteiger partial charge is 0.410 e. The highest BCUT2D eigenvalue weighted by Gasteiger charge is 2.24. The Hall–Kier alpha value is -3.17. The quantitative estimate of drug-likeness (QED) is 0.622. The minimum atomic E-state index is -3.73. The number of hydrogen-bond donors (Lipinski definition) is 2. The molecule has 0 saturated heterocycles. The van der Waals surface area contributed by atoms with Crippen molar-refractivity contribution in [3.8, 4) is 11.1 Å². The molecule has 0 unspecified atom stereocenters. The summed E-state index contributed by atoms with van der Waals surface area (Å²) in [6, 6.07) is 8.44. The number of hydrogen-bond acceptors (Lipinski definition) is 5. The number of aromatic amines is 1. The molecule has 8 nitrogen and oxygen atoms in total. The molecule has 9 heteroatoms. The molecule has 1 aliphatic rings. The molecule has 1 aliphatic heterocycles. The number of ether oxygens (including phenoxy) is 1. The molecule has 0 fully saturated rings. The van der Waals surface area contributed by atoms with Crippen molar-refractivity contribution in [2.45, 2.75) is 37.7 Å². The molecule has 3 N–H and O–H groups in total. The number of amides is 1.